The van der Waals surface area contributed by atoms with Crippen molar-refractivity contribution in [1.29, 1.82) is 0 Å². The minimum atomic E-state index is 0.579. The molecule has 1 N–H and O–H groups in total. The van der Waals surface area contributed by atoms with Crippen LogP contribution in [-0.2, 0) is 6.54 Å². The first kappa shape index (κ1) is 11.3. The predicted molar refractivity (Wildman–Crippen MR) is 62.3 cm³/mol. The molecule has 0 bridgehead atoms. The Morgan fingerprint density at radius 2 is 1.93 bits per heavy atom. The lowest BCUT2D eigenvalue weighted by atomic mass is 10.1. The topological polar surface area (TPSA) is 12.0 Å². The Morgan fingerprint density at radius 3 is 2.50 bits per heavy atom. The lowest BCUT2D eigenvalue weighted by Gasteiger charge is -2.17. The van der Waals surface area contributed by atoms with E-state index in [9.17, 15) is 0 Å². The third kappa shape index (κ3) is 3.51. The van der Waals surface area contributed by atoms with Gasteiger partial charge in [0.25, 0.3) is 0 Å². The molecular formula is C13H21N. The summed E-state index contributed by atoms with van der Waals surface area (Å²) in [6.07, 6.45) is 0. The summed E-state index contributed by atoms with van der Waals surface area (Å²) in [4.78, 5) is 0. The Labute approximate surface area is 87.5 Å². The van der Waals surface area contributed by atoms with Gasteiger partial charge in [0, 0.05) is 12.6 Å². The summed E-state index contributed by atoms with van der Waals surface area (Å²) in [7, 11) is 0. The maximum atomic E-state index is 3.53. The molecule has 0 saturated carbocycles. The first-order valence-electron chi connectivity index (χ1n) is 5.38. The summed E-state index contributed by atoms with van der Waals surface area (Å²) in [6, 6.07) is 9.24. The van der Waals surface area contributed by atoms with E-state index >= 15 is 0 Å². The Bertz CT molecular complexity index is 278. The van der Waals surface area contributed by atoms with E-state index in [0.717, 1.165) is 6.54 Å². The van der Waals surface area contributed by atoms with Crippen LogP contribution in [0.2, 0.25) is 0 Å². The molecule has 0 saturated heterocycles. The molecule has 14 heavy (non-hydrogen) atoms. The normalized spacial score (nSPS) is 13.2. The highest BCUT2D eigenvalue weighted by Crippen LogP contribution is 2.05. The van der Waals surface area contributed by atoms with Crippen molar-refractivity contribution < 1.29 is 0 Å². The first-order valence-corrected chi connectivity index (χ1v) is 5.38. The second-order valence-electron chi connectivity index (χ2n) is 4.40. The van der Waals surface area contributed by atoms with Crippen LogP contribution in [0.5, 0.6) is 0 Å². The summed E-state index contributed by atoms with van der Waals surface area (Å²) in [6.45, 7) is 9.83. The second-order valence-corrected chi connectivity index (χ2v) is 4.40. The highest BCUT2D eigenvalue weighted by Gasteiger charge is 2.05. The van der Waals surface area contributed by atoms with Crippen molar-refractivity contribution in [2.45, 2.75) is 40.3 Å². The van der Waals surface area contributed by atoms with Crippen molar-refractivity contribution in [2.75, 3.05) is 0 Å². The Kier molecular flexibility index (Phi) is 4.15. The van der Waals surface area contributed by atoms with Crippen molar-refractivity contribution in [3.63, 3.8) is 0 Å². The fourth-order valence-corrected chi connectivity index (χ4v) is 1.34. The van der Waals surface area contributed by atoms with Crippen LogP contribution >= 0.6 is 0 Å². The minimum Gasteiger partial charge on any atom is -0.310 e. The molecule has 0 unspecified atom stereocenters. The molecule has 0 heterocycles. The molecule has 1 aromatic carbocycles. The fraction of sp³-hybridized carbons (Fsp3) is 0.538. The zero-order chi connectivity index (χ0) is 10.6. The molecule has 0 aliphatic heterocycles. The Morgan fingerprint density at radius 1 is 1.21 bits per heavy atom. The average molecular weight is 191 g/mol. The van der Waals surface area contributed by atoms with E-state index in [-0.39, 0.29) is 0 Å². The fourth-order valence-electron chi connectivity index (χ4n) is 1.34. The lowest BCUT2D eigenvalue weighted by Crippen LogP contribution is -2.30. The summed E-state index contributed by atoms with van der Waals surface area (Å²) < 4.78 is 0. The summed E-state index contributed by atoms with van der Waals surface area (Å²) in [5, 5.41) is 3.53. The molecule has 0 aromatic heterocycles. The van der Waals surface area contributed by atoms with Gasteiger partial charge in [-0.3, -0.25) is 0 Å². The molecule has 0 aliphatic carbocycles. The van der Waals surface area contributed by atoms with Crippen LogP contribution in [0.4, 0.5) is 0 Å². The van der Waals surface area contributed by atoms with Crippen molar-refractivity contribution >= 4 is 0 Å². The van der Waals surface area contributed by atoms with Gasteiger partial charge in [0.05, 0.1) is 0 Å². The van der Waals surface area contributed by atoms with E-state index in [2.05, 4.69) is 57.3 Å². The van der Waals surface area contributed by atoms with Crippen LogP contribution in [0.1, 0.15) is 31.9 Å². The van der Waals surface area contributed by atoms with Crippen molar-refractivity contribution in [1.82, 2.24) is 5.32 Å². The molecule has 1 rings (SSSR count). The monoisotopic (exact) mass is 191 g/mol. The van der Waals surface area contributed by atoms with Crippen LogP contribution < -0.4 is 5.32 Å². The van der Waals surface area contributed by atoms with Crippen molar-refractivity contribution in [3.8, 4) is 0 Å². The molecule has 1 nitrogen and oxygen atoms in total. The van der Waals surface area contributed by atoms with Gasteiger partial charge in [-0.2, -0.15) is 0 Å². The molecule has 1 heteroatoms. The van der Waals surface area contributed by atoms with Crippen molar-refractivity contribution in [3.05, 3.63) is 35.4 Å². The Balaban J connectivity index is 2.45. The molecule has 0 radical (unpaired) electrons. The van der Waals surface area contributed by atoms with Crippen molar-refractivity contribution in [2.24, 2.45) is 5.92 Å². The van der Waals surface area contributed by atoms with Gasteiger partial charge >= 0.3 is 0 Å². The van der Waals surface area contributed by atoms with E-state index < -0.39 is 0 Å². The predicted octanol–water partition coefficient (Wildman–Crippen LogP) is 3.13. The van der Waals surface area contributed by atoms with Gasteiger partial charge in [-0.15, -0.1) is 0 Å². The van der Waals surface area contributed by atoms with Gasteiger partial charge in [-0.1, -0.05) is 43.7 Å². The van der Waals surface area contributed by atoms with E-state index in [1.807, 2.05) is 0 Å². The van der Waals surface area contributed by atoms with E-state index in [1.165, 1.54) is 11.1 Å². The summed E-state index contributed by atoms with van der Waals surface area (Å²) in [5.41, 5.74) is 2.71. The van der Waals surface area contributed by atoms with Gasteiger partial charge in [-0.25, -0.2) is 0 Å². The molecule has 1 atom stereocenters. The largest absolute Gasteiger partial charge is 0.310 e. The maximum absolute atomic E-state index is 3.53. The van der Waals surface area contributed by atoms with E-state index in [4.69, 9.17) is 0 Å². The highest BCUT2D eigenvalue weighted by atomic mass is 14.9. The number of benzene rings is 1. The third-order valence-electron chi connectivity index (χ3n) is 2.71. The quantitative estimate of drug-likeness (QED) is 0.771. The SMILES string of the molecule is Cc1cccc(CN[C@H](C)C(C)C)c1. The van der Waals surface area contributed by atoms with Gasteiger partial charge in [0.2, 0.25) is 0 Å². The summed E-state index contributed by atoms with van der Waals surface area (Å²) in [5.74, 6) is 0.694. The molecule has 0 amide bonds. The third-order valence-corrected chi connectivity index (χ3v) is 2.71. The number of rotatable bonds is 4. The molecule has 78 valence electrons. The van der Waals surface area contributed by atoms with Gasteiger partial charge in [0.1, 0.15) is 0 Å². The smallest absolute Gasteiger partial charge is 0.0208 e. The highest BCUT2D eigenvalue weighted by molar-refractivity contribution is 5.21. The second kappa shape index (κ2) is 5.16. The van der Waals surface area contributed by atoms with Crippen LogP contribution in [-0.4, -0.2) is 6.04 Å². The first-order chi connectivity index (χ1) is 6.59. The van der Waals surface area contributed by atoms with E-state index in [1.54, 1.807) is 0 Å². The Hall–Kier alpha value is -0.820. The van der Waals surface area contributed by atoms with Crippen LogP contribution in [0.25, 0.3) is 0 Å². The van der Waals surface area contributed by atoms with Gasteiger partial charge in [0.15, 0.2) is 0 Å². The zero-order valence-corrected chi connectivity index (χ0v) is 9.67. The van der Waals surface area contributed by atoms with Gasteiger partial charge < -0.3 is 5.32 Å². The number of nitrogens with one attached hydrogen (secondary N) is 1. The van der Waals surface area contributed by atoms with Crippen LogP contribution in [0.3, 0.4) is 0 Å². The minimum absolute atomic E-state index is 0.579. The number of hydrogen-bond acceptors (Lipinski definition) is 1. The molecular weight excluding hydrogens is 170 g/mol. The lowest BCUT2D eigenvalue weighted by molar-refractivity contribution is 0.426. The van der Waals surface area contributed by atoms with Crippen LogP contribution in [0, 0.1) is 12.8 Å². The summed E-state index contributed by atoms with van der Waals surface area (Å²) >= 11 is 0. The standard InChI is InChI=1S/C13H21N/c1-10(2)12(4)14-9-13-7-5-6-11(3)8-13/h5-8,10,12,14H,9H2,1-4H3/t12-/m1/s1. The zero-order valence-electron chi connectivity index (χ0n) is 9.67. The average Bonchev–Trinajstić information content (AvgIpc) is 2.14. The molecule has 0 fully saturated rings. The maximum Gasteiger partial charge on any atom is 0.0208 e. The van der Waals surface area contributed by atoms with Crippen LogP contribution in [0.15, 0.2) is 24.3 Å². The van der Waals surface area contributed by atoms with E-state index in [0.29, 0.717) is 12.0 Å². The number of hydrogen-bond donors (Lipinski definition) is 1. The molecule has 0 spiro atoms. The molecule has 0 aliphatic rings. The molecule has 1 aromatic rings. The number of aryl methyl sites for hydroxylation is 1. The van der Waals surface area contributed by atoms with Gasteiger partial charge in [-0.05, 0) is 25.3 Å².